The van der Waals surface area contributed by atoms with Gasteiger partial charge in [0.2, 0.25) is 10.0 Å². The van der Waals surface area contributed by atoms with Crippen LogP contribution in [-0.4, -0.2) is 50.0 Å². The second-order valence-corrected chi connectivity index (χ2v) is 9.71. The number of rotatable bonds is 4. The van der Waals surface area contributed by atoms with Crippen LogP contribution in [-0.2, 0) is 14.8 Å². The molecule has 1 N–H and O–H groups in total. The Kier molecular flexibility index (Phi) is 6.55. The molecule has 1 aliphatic heterocycles. The van der Waals surface area contributed by atoms with Crippen molar-refractivity contribution in [1.82, 2.24) is 9.62 Å². The number of nitrogens with one attached hydrogen (secondary N) is 1. The first-order chi connectivity index (χ1) is 12.9. The van der Waals surface area contributed by atoms with Crippen LogP contribution in [0.25, 0.3) is 0 Å². The van der Waals surface area contributed by atoms with E-state index in [2.05, 4.69) is 5.32 Å². The van der Waals surface area contributed by atoms with Gasteiger partial charge in [0.15, 0.2) is 0 Å². The van der Waals surface area contributed by atoms with Crippen LogP contribution in [0.15, 0.2) is 29.2 Å². The summed E-state index contributed by atoms with van der Waals surface area (Å²) in [6.07, 6.45) is 6.39. The smallest absolute Gasteiger partial charge is 0.251 e. The maximum Gasteiger partial charge on any atom is 0.251 e. The highest BCUT2D eigenvalue weighted by Gasteiger charge is 2.32. The van der Waals surface area contributed by atoms with Gasteiger partial charge in [-0.3, -0.25) is 4.79 Å². The Morgan fingerprint density at radius 1 is 1.07 bits per heavy atom. The molecular weight excluding hydrogens is 364 g/mol. The van der Waals surface area contributed by atoms with Gasteiger partial charge in [0.25, 0.3) is 5.91 Å². The standard InChI is InChI=1S/C20H30N2O4S/c1-15-13-22(14-16(2)26-15)27(24,25)19-11-7-8-17(12-19)20(23)21-18-9-5-3-4-6-10-18/h7-8,11-12,15-16,18H,3-6,9-10,13-14H2,1-2H3,(H,21,23). The molecule has 1 saturated carbocycles. The number of morpholine rings is 1. The Morgan fingerprint density at radius 3 is 2.33 bits per heavy atom. The molecule has 1 aliphatic carbocycles. The lowest BCUT2D eigenvalue weighted by Gasteiger charge is -2.34. The van der Waals surface area contributed by atoms with Gasteiger partial charge in [0, 0.05) is 24.7 Å². The Hall–Kier alpha value is -1.44. The predicted octanol–water partition coefficient (Wildman–Crippen LogP) is 2.94. The number of hydrogen-bond acceptors (Lipinski definition) is 4. The lowest BCUT2D eigenvalue weighted by molar-refractivity contribution is -0.0440. The number of carbonyl (C=O) groups is 1. The fraction of sp³-hybridized carbons (Fsp3) is 0.650. The fourth-order valence-electron chi connectivity index (χ4n) is 3.97. The molecule has 1 heterocycles. The summed E-state index contributed by atoms with van der Waals surface area (Å²) in [6.45, 7) is 4.39. The highest BCUT2D eigenvalue weighted by atomic mass is 32.2. The van der Waals surface area contributed by atoms with E-state index in [1.54, 1.807) is 18.2 Å². The van der Waals surface area contributed by atoms with Crippen LogP contribution in [0, 0.1) is 0 Å². The van der Waals surface area contributed by atoms with Gasteiger partial charge < -0.3 is 10.1 Å². The van der Waals surface area contributed by atoms with E-state index in [9.17, 15) is 13.2 Å². The largest absolute Gasteiger partial charge is 0.373 e. The molecule has 150 valence electrons. The molecule has 3 rings (SSSR count). The molecule has 1 amide bonds. The Labute approximate surface area is 162 Å². The van der Waals surface area contributed by atoms with E-state index in [-0.39, 0.29) is 29.1 Å². The van der Waals surface area contributed by atoms with Crippen molar-refractivity contribution in [3.05, 3.63) is 29.8 Å². The first-order valence-corrected chi connectivity index (χ1v) is 11.4. The number of nitrogens with zero attached hydrogens (tertiary/aromatic N) is 1. The SMILES string of the molecule is CC1CN(S(=O)(=O)c2cccc(C(=O)NC3CCCCCC3)c2)CC(C)O1. The fourth-order valence-corrected chi connectivity index (χ4v) is 5.60. The van der Waals surface area contributed by atoms with Crippen LogP contribution in [0.1, 0.15) is 62.7 Å². The van der Waals surface area contributed by atoms with Gasteiger partial charge in [-0.15, -0.1) is 0 Å². The van der Waals surface area contributed by atoms with Crippen LogP contribution in [0.2, 0.25) is 0 Å². The minimum absolute atomic E-state index is 0.148. The van der Waals surface area contributed by atoms with Gasteiger partial charge in [-0.2, -0.15) is 4.31 Å². The highest BCUT2D eigenvalue weighted by Crippen LogP contribution is 2.22. The molecule has 2 atom stereocenters. The number of carbonyl (C=O) groups excluding carboxylic acids is 1. The third kappa shape index (κ3) is 5.09. The molecular formula is C20H30N2O4S. The van der Waals surface area contributed by atoms with Crippen LogP contribution >= 0.6 is 0 Å². The topological polar surface area (TPSA) is 75.7 Å². The second-order valence-electron chi connectivity index (χ2n) is 7.77. The van der Waals surface area contributed by atoms with Crippen LogP contribution in [0.3, 0.4) is 0 Å². The normalized spacial score (nSPS) is 25.7. The van der Waals surface area contributed by atoms with Crippen LogP contribution in [0.5, 0.6) is 0 Å². The zero-order chi connectivity index (χ0) is 19.4. The van der Waals surface area contributed by atoms with Gasteiger partial charge in [-0.1, -0.05) is 31.7 Å². The number of hydrogen-bond donors (Lipinski definition) is 1. The molecule has 2 fully saturated rings. The highest BCUT2D eigenvalue weighted by molar-refractivity contribution is 7.89. The molecule has 1 aromatic rings. The van der Waals surface area contributed by atoms with Gasteiger partial charge >= 0.3 is 0 Å². The van der Waals surface area contributed by atoms with Crippen molar-refractivity contribution < 1.29 is 17.9 Å². The molecule has 1 saturated heterocycles. The number of benzene rings is 1. The summed E-state index contributed by atoms with van der Waals surface area (Å²) >= 11 is 0. The molecule has 7 heteroatoms. The van der Waals surface area contributed by atoms with E-state index in [4.69, 9.17) is 4.74 Å². The third-order valence-electron chi connectivity index (χ3n) is 5.31. The first-order valence-electron chi connectivity index (χ1n) is 9.93. The molecule has 1 aromatic carbocycles. The summed E-state index contributed by atoms with van der Waals surface area (Å²) in [6, 6.07) is 6.55. The molecule has 6 nitrogen and oxygen atoms in total. The predicted molar refractivity (Wildman–Crippen MR) is 104 cm³/mol. The van der Waals surface area contributed by atoms with Crippen molar-refractivity contribution in [2.45, 2.75) is 75.5 Å². The monoisotopic (exact) mass is 394 g/mol. The zero-order valence-corrected chi connectivity index (χ0v) is 17.0. The van der Waals surface area contributed by atoms with E-state index >= 15 is 0 Å². The Bertz CT molecular complexity index is 747. The summed E-state index contributed by atoms with van der Waals surface area (Å²) in [4.78, 5) is 12.8. The second kappa shape index (κ2) is 8.71. The van der Waals surface area contributed by atoms with E-state index < -0.39 is 10.0 Å². The van der Waals surface area contributed by atoms with Crippen LogP contribution < -0.4 is 5.32 Å². The van der Waals surface area contributed by atoms with Gasteiger partial charge in [-0.25, -0.2) is 8.42 Å². The number of sulfonamides is 1. The molecule has 0 radical (unpaired) electrons. The van der Waals surface area contributed by atoms with Gasteiger partial charge in [0.1, 0.15) is 0 Å². The molecule has 0 aromatic heterocycles. The number of ether oxygens (including phenoxy) is 1. The lowest BCUT2D eigenvalue weighted by atomic mass is 10.1. The summed E-state index contributed by atoms with van der Waals surface area (Å²) < 4.78 is 33.1. The van der Waals surface area contributed by atoms with Crippen molar-refractivity contribution in [3.63, 3.8) is 0 Å². The van der Waals surface area contributed by atoms with E-state index in [1.807, 2.05) is 13.8 Å². The molecule has 0 spiro atoms. The van der Waals surface area contributed by atoms with Gasteiger partial charge in [-0.05, 0) is 44.9 Å². The Balaban J connectivity index is 1.75. The van der Waals surface area contributed by atoms with Crippen molar-refractivity contribution >= 4 is 15.9 Å². The number of amides is 1. The molecule has 2 aliphatic rings. The minimum Gasteiger partial charge on any atom is -0.373 e. The average Bonchev–Trinajstić information content (AvgIpc) is 2.89. The minimum atomic E-state index is -3.65. The van der Waals surface area contributed by atoms with Crippen molar-refractivity contribution in [3.8, 4) is 0 Å². The maximum atomic E-state index is 13.0. The van der Waals surface area contributed by atoms with Crippen molar-refractivity contribution in [1.29, 1.82) is 0 Å². The third-order valence-corrected chi connectivity index (χ3v) is 7.14. The quantitative estimate of drug-likeness (QED) is 0.797. The summed E-state index contributed by atoms with van der Waals surface area (Å²) in [5.41, 5.74) is 0.398. The first kappa shape index (κ1) is 20.3. The summed E-state index contributed by atoms with van der Waals surface area (Å²) in [7, 11) is -3.65. The van der Waals surface area contributed by atoms with E-state index in [0.29, 0.717) is 18.7 Å². The zero-order valence-electron chi connectivity index (χ0n) is 16.2. The van der Waals surface area contributed by atoms with Crippen molar-refractivity contribution in [2.24, 2.45) is 0 Å². The van der Waals surface area contributed by atoms with Crippen molar-refractivity contribution in [2.75, 3.05) is 13.1 Å². The maximum absolute atomic E-state index is 13.0. The molecule has 2 unspecified atom stereocenters. The average molecular weight is 395 g/mol. The Morgan fingerprint density at radius 2 is 1.70 bits per heavy atom. The van der Waals surface area contributed by atoms with Gasteiger partial charge in [0.05, 0.1) is 17.1 Å². The van der Waals surface area contributed by atoms with E-state index in [0.717, 1.165) is 25.7 Å². The molecule has 0 bridgehead atoms. The molecule has 27 heavy (non-hydrogen) atoms. The summed E-state index contributed by atoms with van der Waals surface area (Å²) in [5.74, 6) is -0.192. The van der Waals surface area contributed by atoms with E-state index in [1.165, 1.54) is 23.2 Å². The van der Waals surface area contributed by atoms with Crippen LogP contribution in [0.4, 0.5) is 0 Å². The summed E-state index contributed by atoms with van der Waals surface area (Å²) in [5, 5.41) is 3.08. The lowest BCUT2D eigenvalue weighted by Crippen LogP contribution is -2.48.